The van der Waals surface area contributed by atoms with E-state index in [1.807, 2.05) is 27.7 Å². The molecule has 90 valence electrons. The lowest BCUT2D eigenvalue weighted by Crippen LogP contribution is -2.48. The van der Waals surface area contributed by atoms with Gasteiger partial charge in [-0.15, -0.1) is 0 Å². The van der Waals surface area contributed by atoms with Crippen molar-refractivity contribution in [2.24, 2.45) is 0 Å². The fourth-order valence-electron chi connectivity index (χ4n) is 1.25. The maximum absolute atomic E-state index is 11.6. The van der Waals surface area contributed by atoms with Crippen molar-refractivity contribution in [3.8, 4) is 0 Å². The summed E-state index contributed by atoms with van der Waals surface area (Å²) in [5.41, 5.74) is 0. The van der Waals surface area contributed by atoms with Crippen LogP contribution in [0.5, 0.6) is 0 Å². The molecule has 0 bridgehead atoms. The molecular formula is C11H24N2O2. The lowest BCUT2D eigenvalue weighted by molar-refractivity contribution is -0.123. The summed E-state index contributed by atoms with van der Waals surface area (Å²) in [5.74, 6) is 0.0224. The first-order valence-electron chi connectivity index (χ1n) is 5.68. The van der Waals surface area contributed by atoms with Crippen LogP contribution in [0.3, 0.4) is 0 Å². The van der Waals surface area contributed by atoms with E-state index in [9.17, 15) is 4.79 Å². The van der Waals surface area contributed by atoms with Gasteiger partial charge in [0.15, 0.2) is 0 Å². The molecule has 0 spiro atoms. The van der Waals surface area contributed by atoms with E-state index in [4.69, 9.17) is 5.11 Å². The average molecular weight is 216 g/mol. The summed E-state index contributed by atoms with van der Waals surface area (Å²) in [6.45, 7) is 7.97. The first kappa shape index (κ1) is 14.4. The Morgan fingerprint density at radius 2 is 1.87 bits per heavy atom. The van der Waals surface area contributed by atoms with Crippen molar-refractivity contribution >= 4 is 5.91 Å². The Balaban J connectivity index is 3.87. The number of amides is 1. The van der Waals surface area contributed by atoms with Gasteiger partial charge in [-0.2, -0.15) is 0 Å². The lowest BCUT2D eigenvalue weighted by Gasteiger charge is -2.20. The van der Waals surface area contributed by atoms with Crippen LogP contribution in [0.1, 0.15) is 40.5 Å². The number of nitrogens with one attached hydrogen (secondary N) is 2. The quantitative estimate of drug-likeness (QED) is 0.585. The molecule has 0 aliphatic heterocycles. The molecule has 0 aliphatic carbocycles. The van der Waals surface area contributed by atoms with E-state index < -0.39 is 0 Å². The molecule has 0 saturated heterocycles. The predicted molar refractivity (Wildman–Crippen MR) is 61.7 cm³/mol. The monoisotopic (exact) mass is 216 g/mol. The second kappa shape index (κ2) is 7.65. The Hall–Kier alpha value is -0.610. The van der Waals surface area contributed by atoms with Gasteiger partial charge in [-0.05, 0) is 33.6 Å². The maximum Gasteiger partial charge on any atom is 0.237 e. The van der Waals surface area contributed by atoms with Gasteiger partial charge in [0.1, 0.15) is 0 Å². The third-order valence-electron chi connectivity index (χ3n) is 2.49. The third-order valence-corrected chi connectivity index (χ3v) is 2.49. The molecule has 0 saturated carbocycles. The second-order valence-corrected chi connectivity index (χ2v) is 4.12. The molecule has 1 amide bonds. The number of aliphatic hydroxyl groups excluding tert-OH is 1. The zero-order valence-corrected chi connectivity index (χ0v) is 10.2. The molecule has 0 aromatic carbocycles. The smallest absolute Gasteiger partial charge is 0.237 e. The highest BCUT2D eigenvalue weighted by Gasteiger charge is 2.15. The fraction of sp³-hybridized carbons (Fsp3) is 0.909. The van der Waals surface area contributed by atoms with Crippen LogP contribution in [-0.2, 0) is 4.79 Å². The van der Waals surface area contributed by atoms with Gasteiger partial charge in [0, 0.05) is 18.7 Å². The normalized spacial score (nSPS) is 16.9. The van der Waals surface area contributed by atoms with Crippen LogP contribution in [-0.4, -0.2) is 35.7 Å². The van der Waals surface area contributed by atoms with Crippen molar-refractivity contribution in [3.63, 3.8) is 0 Å². The molecular weight excluding hydrogens is 192 g/mol. The first-order valence-corrected chi connectivity index (χ1v) is 5.68. The number of hydrogen-bond donors (Lipinski definition) is 3. The van der Waals surface area contributed by atoms with Crippen molar-refractivity contribution in [1.82, 2.24) is 10.6 Å². The SMILES string of the molecule is CCC(C)NC(=O)C(C)NC(C)CCO. The van der Waals surface area contributed by atoms with Crippen molar-refractivity contribution in [2.45, 2.75) is 58.7 Å². The standard InChI is InChI=1S/C11H24N2O2/c1-5-8(2)13-11(15)10(4)12-9(3)6-7-14/h8-10,12,14H,5-7H2,1-4H3,(H,13,15). The molecule has 15 heavy (non-hydrogen) atoms. The van der Waals surface area contributed by atoms with E-state index in [1.165, 1.54) is 0 Å². The highest BCUT2D eigenvalue weighted by atomic mass is 16.3. The van der Waals surface area contributed by atoms with Gasteiger partial charge in [-0.25, -0.2) is 0 Å². The molecule has 4 nitrogen and oxygen atoms in total. The van der Waals surface area contributed by atoms with Gasteiger partial charge < -0.3 is 15.7 Å². The van der Waals surface area contributed by atoms with E-state index >= 15 is 0 Å². The Bertz CT molecular complexity index is 185. The van der Waals surface area contributed by atoms with Crippen LogP contribution in [0.2, 0.25) is 0 Å². The van der Waals surface area contributed by atoms with Crippen LogP contribution in [0.4, 0.5) is 0 Å². The van der Waals surface area contributed by atoms with Gasteiger partial charge in [0.25, 0.3) is 0 Å². The van der Waals surface area contributed by atoms with Crippen molar-refractivity contribution in [1.29, 1.82) is 0 Å². The van der Waals surface area contributed by atoms with E-state index in [2.05, 4.69) is 10.6 Å². The highest BCUT2D eigenvalue weighted by molar-refractivity contribution is 5.81. The molecule has 0 heterocycles. The molecule has 0 aromatic rings. The molecule has 3 unspecified atom stereocenters. The molecule has 0 rings (SSSR count). The third kappa shape index (κ3) is 6.47. The maximum atomic E-state index is 11.6. The largest absolute Gasteiger partial charge is 0.396 e. The molecule has 0 radical (unpaired) electrons. The first-order chi connectivity index (χ1) is 7.01. The Morgan fingerprint density at radius 3 is 2.33 bits per heavy atom. The summed E-state index contributed by atoms with van der Waals surface area (Å²) in [5, 5.41) is 14.8. The van der Waals surface area contributed by atoms with Crippen LogP contribution in [0, 0.1) is 0 Å². The minimum Gasteiger partial charge on any atom is -0.396 e. The molecule has 3 N–H and O–H groups in total. The minimum atomic E-state index is -0.208. The van der Waals surface area contributed by atoms with Gasteiger partial charge in [-0.1, -0.05) is 6.92 Å². The lowest BCUT2D eigenvalue weighted by atomic mass is 10.2. The summed E-state index contributed by atoms with van der Waals surface area (Å²) >= 11 is 0. The Kier molecular flexibility index (Phi) is 7.34. The van der Waals surface area contributed by atoms with Gasteiger partial charge in [0.05, 0.1) is 6.04 Å². The van der Waals surface area contributed by atoms with E-state index in [1.54, 1.807) is 0 Å². The molecule has 0 aliphatic rings. The van der Waals surface area contributed by atoms with Crippen LogP contribution < -0.4 is 10.6 Å². The van der Waals surface area contributed by atoms with Gasteiger partial charge >= 0.3 is 0 Å². The highest BCUT2D eigenvalue weighted by Crippen LogP contribution is 1.94. The van der Waals surface area contributed by atoms with E-state index in [-0.39, 0.29) is 30.6 Å². The van der Waals surface area contributed by atoms with Crippen LogP contribution >= 0.6 is 0 Å². The number of hydrogen-bond acceptors (Lipinski definition) is 3. The fourth-order valence-corrected chi connectivity index (χ4v) is 1.25. The summed E-state index contributed by atoms with van der Waals surface area (Å²) in [4.78, 5) is 11.6. The zero-order valence-electron chi connectivity index (χ0n) is 10.2. The minimum absolute atomic E-state index is 0.0224. The topological polar surface area (TPSA) is 61.4 Å². The number of aliphatic hydroxyl groups is 1. The van der Waals surface area contributed by atoms with Crippen molar-refractivity contribution < 1.29 is 9.90 Å². The molecule has 0 aromatic heterocycles. The number of rotatable bonds is 7. The summed E-state index contributed by atoms with van der Waals surface area (Å²) in [6.07, 6.45) is 1.60. The molecule has 0 fully saturated rings. The summed E-state index contributed by atoms with van der Waals surface area (Å²) in [6, 6.07) is 0.170. The molecule has 4 heteroatoms. The Labute approximate surface area is 92.4 Å². The van der Waals surface area contributed by atoms with E-state index in [0.29, 0.717) is 6.42 Å². The van der Waals surface area contributed by atoms with Crippen LogP contribution in [0.25, 0.3) is 0 Å². The second-order valence-electron chi connectivity index (χ2n) is 4.12. The summed E-state index contributed by atoms with van der Waals surface area (Å²) < 4.78 is 0. The zero-order chi connectivity index (χ0) is 11.8. The molecule has 3 atom stereocenters. The van der Waals surface area contributed by atoms with Gasteiger partial charge in [0.2, 0.25) is 5.91 Å². The predicted octanol–water partition coefficient (Wildman–Crippen LogP) is 0.650. The Morgan fingerprint density at radius 1 is 1.27 bits per heavy atom. The summed E-state index contributed by atoms with van der Waals surface area (Å²) in [7, 11) is 0. The van der Waals surface area contributed by atoms with Crippen molar-refractivity contribution in [2.75, 3.05) is 6.61 Å². The van der Waals surface area contributed by atoms with Gasteiger partial charge in [-0.3, -0.25) is 4.79 Å². The number of carbonyl (C=O) groups is 1. The van der Waals surface area contributed by atoms with E-state index in [0.717, 1.165) is 6.42 Å². The van der Waals surface area contributed by atoms with Crippen LogP contribution in [0.15, 0.2) is 0 Å². The van der Waals surface area contributed by atoms with Crippen molar-refractivity contribution in [3.05, 3.63) is 0 Å². The number of carbonyl (C=O) groups excluding carboxylic acids is 1. The average Bonchev–Trinajstić information content (AvgIpc) is 2.17.